The molecule has 0 radical (unpaired) electrons. The van der Waals surface area contributed by atoms with Gasteiger partial charge in [-0.3, -0.25) is 4.90 Å². The summed E-state index contributed by atoms with van der Waals surface area (Å²) in [6.45, 7) is 5.12. The molecule has 9 nitrogen and oxygen atoms in total. The number of morpholine rings is 1. The first-order chi connectivity index (χ1) is 16.3. The molecule has 1 aliphatic heterocycles. The van der Waals surface area contributed by atoms with E-state index in [-0.39, 0.29) is 0 Å². The van der Waals surface area contributed by atoms with Gasteiger partial charge < -0.3 is 20.1 Å². The number of aromatic nitrogens is 4. The molecule has 0 aliphatic carbocycles. The number of anilines is 3. The van der Waals surface area contributed by atoms with Crippen LogP contribution in [0.25, 0.3) is 16.7 Å². The van der Waals surface area contributed by atoms with E-state index in [9.17, 15) is 0 Å². The third-order valence-corrected chi connectivity index (χ3v) is 5.60. The quantitative estimate of drug-likeness (QED) is 0.427. The second-order valence-electron chi connectivity index (χ2n) is 7.76. The van der Waals surface area contributed by atoms with Gasteiger partial charge in [0, 0.05) is 31.9 Å². The van der Waals surface area contributed by atoms with Crippen LogP contribution in [0, 0.1) is 0 Å². The predicted octanol–water partition coefficient (Wildman–Crippen LogP) is 3.31. The number of fused-ring (bicyclic) bond motifs is 1. The number of benzene rings is 2. The highest BCUT2D eigenvalue weighted by atomic mass is 16.5. The summed E-state index contributed by atoms with van der Waals surface area (Å²) in [7, 11) is 1.66. The summed E-state index contributed by atoms with van der Waals surface area (Å²) in [6.07, 6.45) is 1.80. The fourth-order valence-corrected chi connectivity index (χ4v) is 3.80. The molecule has 1 fully saturated rings. The molecule has 0 saturated carbocycles. The second kappa shape index (κ2) is 9.85. The van der Waals surface area contributed by atoms with Gasteiger partial charge in [-0.2, -0.15) is 15.1 Å². The topological polar surface area (TPSA) is 89.4 Å². The van der Waals surface area contributed by atoms with Crippen LogP contribution in [-0.2, 0) is 4.74 Å². The highest BCUT2D eigenvalue weighted by Crippen LogP contribution is 2.27. The number of para-hydroxylation sites is 1. The third-order valence-electron chi connectivity index (χ3n) is 5.60. The van der Waals surface area contributed by atoms with Crippen molar-refractivity contribution in [1.82, 2.24) is 24.6 Å². The summed E-state index contributed by atoms with van der Waals surface area (Å²) in [5.74, 6) is 2.06. The highest BCUT2D eigenvalue weighted by Gasteiger charge is 2.15. The maximum atomic E-state index is 5.43. The molecule has 170 valence electrons. The van der Waals surface area contributed by atoms with Crippen LogP contribution in [0.15, 0.2) is 60.8 Å². The van der Waals surface area contributed by atoms with Crippen LogP contribution < -0.4 is 15.4 Å². The first-order valence-electron chi connectivity index (χ1n) is 11.1. The van der Waals surface area contributed by atoms with Gasteiger partial charge in [0.25, 0.3) is 0 Å². The maximum Gasteiger partial charge on any atom is 0.226 e. The van der Waals surface area contributed by atoms with Gasteiger partial charge >= 0.3 is 0 Å². The van der Waals surface area contributed by atoms with Gasteiger partial charge in [0.15, 0.2) is 5.65 Å². The van der Waals surface area contributed by atoms with E-state index in [4.69, 9.17) is 19.4 Å². The number of nitrogens with one attached hydrogen (secondary N) is 2. The van der Waals surface area contributed by atoms with Gasteiger partial charge in [-0.1, -0.05) is 18.2 Å². The first-order valence-corrected chi connectivity index (χ1v) is 11.1. The summed E-state index contributed by atoms with van der Waals surface area (Å²) in [4.78, 5) is 11.9. The summed E-state index contributed by atoms with van der Waals surface area (Å²) >= 11 is 0. The minimum absolute atomic E-state index is 0.560. The summed E-state index contributed by atoms with van der Waals surface area (Å²) in [5.41, 5.74) is 2.59. The molecule has 1 aliphatic rings. The van der Waals surface area contributed by atoms with E-state index in [1.807, 2.05) is 59.3 Å². The number of methoxy groups -OCH3 is 1. The lowest BCUT2D eigenvalue weighted by Gasteiger charge is -2.26. The Morgan fingerprint density at radius 1 is 1.00 bits per heavy atom. The normalized spacial score (nSPS) is 14.3. The largest absolute Gasteiger partial charge is 0.497 e. The molecule has 2 aromatic carbocycles. The molecule has 0 unspecified atom stereocenters. The molecule has 0 bridgehead atoms. The first kappa shape index (κ1) is 21.2. The number of ether oxygens (including phenoxy) is 2. The lowest BCUT2D eigenvalue weighted by molar-refractivity contribution is 0.0398. The molecule has 2 N–H and O–H groups in total. The van der Waals surface area contributed by atoms with Crippen molar-refractivity contribution in [2.45, 2.75) is 0 Å². The fraction of sp³-hybridized carbons (Fsp3) is 0.292. The lowest BCUT2D eigenvalue weighted by Crippen LogP contribution is -2.39. The Balaban J connectivity index is 1.45. The van der Waals surface area contributed by atoms with Crippen LogP contribution >= 0.6 is 0 Å². The van der Waals surface area contributed by atoms with E-state index < -0.39 is 0 Å². The van der Waals surface area contributed by atoms with Crippen molar-refractivity contribution >= 4 is 28.5 Å². The average Bonchev–Trinajstić information content (AvgIpc) is 3.30. The van der Waals surface area contributed by atoms with Crippen LogP contribution in [-0.4, -0.2) is 71.2 Å². The Kier molecular flexibility index (Phi) is 6.32. The molecule has 0 amide bonds. The van der Waals surface area contributed by atoms with E-state index in [1.165, 1.54) is 0 Å². The van der Waals surface area contributed by atoms with E-state index in [0.29, 0.717) is 11.8 Å². The van der Waals surface area contributed by atoms with Gasteiger partial charge in [-0.05, 0) is 36.4 Å². The second-order valence-corrected chi connectivity index (χ2v) is 7.76. The van der Waals surface area contributed by atoms with Crippen LogP contribution in [0.3, 0.4) is 0 Å². The van der Waals surface area contributed by atoms with E-state index in [0.717, 1.165) is 67.6 Å². The van der Waals surface area contributed by atoms with Crippen LogP contribution in [0.4, 0.5) is 17.5 Å². The van der Waals surface area contributed by atoms with Gasteiger partial charge in [0.2, 0.25) is 5.95 Å². The molecular weight excluding hydrogens is 418 g/mol. The Bertz CT molecular complexity index is 1190. The van der Waals surface area contributed by atoms with E-state index in [1.54, 1.807) is 13.3 Å². The van der Waals surface area contributed by atoms with E-state index >= 15 is 0 Å². The molecule has 4 aromatic rings. The molecule has 3 heterocycles. The van der Waals surface area contributed by atoms with Crippen molar-refractivity contribution in [2.75, 3.05) is 57.1 Å². The Labute approximate surface area is 192 Å². The lowest BCUT2D eigenvalue weighted by atomic mass is 10.3. The zero-order valence-corrected chi connectivity index (χ0v) is 18.6. The summed E-state index contributed by atoms with van der Waals surface area (Å²) < 4.78 is 12.5. The van der Waals surface area contributed by atoms with Crippen LogP contribution in [0.5, 0.6) is 5.75 Å². The van der Waals surface area contributed by atoms with Crippen molar-refractivity contribution in [1.29, 1.82) is 0 Å². The molecular formula is C24H27N7O2. The monoisotopic (exact) mass is 445 g/mol. The molecule has 33 heavy (non-hydrogen) atoms. The van der Waals surface area contributed by atoms with Crippen molar-refractivity contribution < 1.29 is 9.47 Å². The van der Waals surface area contributed by atoms with Gasteiger partial charge in [0.05, 0.1) is 37.6 Å². The van der Waals surface area contributed by atoms with Crippen molar-refractivity contribution in [2.24, 2.45) is 0 Å². The van der Waals surface area contributed by atoms with E-state index in [2.05, 4.69) is 20.6 Å². The van der Waals surface area contributed by atoms with Crippen molar-refractivity contribution in [3.05, 3.63) is 60.8 Å². The Morgan fingerprint density at radius 3 is 2.55 bits per heavy atom. The van der Waals surface area contributed by atoms with Crippen LogP contribution in [0.2, 0.25) is 0 Å². The highest BCUT2D eigenvalue weighted by molar-refractivity contribution is 5.90. The molecule has 5 rings (SSSR count). The molecule has 1 saturated heterocycles. The number of nitrogens with zero attached hydrogens (tertiary/aromatic N) is 5. The van der Waals surface area contributed by atoms with Crippen LogP contribution in [0.1, 0.15) is 0 Å². The van der Waals surface area contributed by atoms with Crippen molar-refractivity contribution in [3.63, 3.8) is 0 Å². The Hall–Kier alpha value is -3.69. The molecule has 9 heteroatoms. The molecule has 0 atom stereocenters. The molecule has 0 spiro atoms. The number of hydrogen-bond acceptors (Lipinski definition) is 8. The zero-order chi connectivity index (χ0) is 22.5. The number of rotatable bonds is 8. The predicted molar refractivity (Wildman–Crippen MR) is 129 cm³/mol. The standard InChI is InChI=1S/C24H27N7O2/c1-32-20-9-7-18(8-10-20)27-22-21-17-26-31(19-5-3-2-4-6-19)23(21)29-24(28-22)25-11-12-30-13-15-33-16-14-30/h2-10,17H,11-16H2,1H3,(H2,25,27,28,29). The zero-order valence-electron chi connectivity index (χ0n) is 18.6. The summed E-state index contributed by atoms with van der Waals surface area (Å²) in [5, 5.41) is 12.2. The van der Waals surface area contributed by atoms with Gasteiger partial charge in [0.1, 0.15) is 11.6 Å². The minimum atomic E-state index is 0.560. The minimum Gasteiger partial charge on any atom is -0.497 e. The third kappa shape index (κ3) is 4.89. The molecule has 2 aromatic heterocycles. The SMILES string of the molecule is COc1ccc(Nc2nc(NCCN3CCOCC3)nc3c2cnn3-c2ccccc2)cc1. The Morgan fingerprint density at radius 2 is 1.79 bits per heavy atom. The van der Waals surface area contributed by atoms with Gasteiger partial charge in [-0.15, -0.1) is 0 Å². The average molecular weight is 446 g/mol. The summed E-state index contributed by atoms with van der Waals surface area (Å²) in [6, 6.07) is 17.7. The number of hydrogen-bond donors (Lipinski definition) is 2. The smallest absolute Gasteiger partial charge is 0.226 e. The van der Waals surface area contributed by atoms with Crippen molar-refractivity contribution in [3.8, 4) is 11.4 Å². The maximum absolute atomic E-state index is 5.43. The van der Waals surface area contributed by atoms with Gasteiger partial charge in [-0.25, -0.2) is 4.68 Å². The fourth-order valence-electron chi connectivity index (χ4n) is 3.80.